The molecule has 0 saturated heterocycles. The third-order valence-electron chi connectivity index (χ3n) is 3.02. The highest BCUT2D eigenvalue weighted by Crippen LogP contribution is 2.27. The fourth-order valence-corrected chi connectivity index (χ4v) is 1.58. The molecule has 0 aromatic heterocycles. The molecular weight excluding hydrogens is 260 g/mol. The molecule has 1 unspecified atom stereocenters. The molecule has 6 nitrogen and oxygen atoms in total. The van der Waals surface area contributed by atoms with Crippen molar-refractivity contribution in [1.82, 2.24) is 5.32 Å². The molecule has 0 saturated carbocycles. The SMILES string of the molecule is CCOC(=O)C(C(=O)NCC(C)(C)C(N)=O)C(C)(C)C. The number of rotatable bonds is 6. The lowest BCUT2D eigenvalue weighted by Crippen LogP contribution is -2.48. The van der Waals surface area contributed by atoms with Crippen molar-refractivity contribution in [3.8, 4) is 0 Å². The molecule has 0 spiro atoms. The van der Waals surface area contributed by atoms with E-state index in [-0.39, 0.29) is 13.2 Å². The van der Waals surface area contributed by atoms with Crippen LogP contribution in [0.15, 0.2) is 0 Å². The molecule has 0 fully saturated rings. The fraction of sp³-hybridized carbons (Fsp3) is 0.786. The summed E-state index contributed by atoms with van der Waals surface area (Å²) in [4.78, 5) is 35.3. The van der Waals surface area contributed by atoms with Gasteiger partial charge in [0.2, 0.25) is 11.8 Å². The Morgan fingerprint density at radius 1 is 1.15 bits per heavy atom. The summed E-state index contributed by atoms with van der Waals surface area (Å²) in [6, 6.07) is 0. The van der Waals surface area contributed by atoms with Crippen molar-refractivity contribution in [2.45, 2.75) is 41.5 Å². The Balaban J connectivity index is 4.92. The van der Waals surface area contributed by atoms with E-state index in [1.54, 1.807) is 41.5 Å². The number of amides is 2. The first-order valence-electron chi connectivity index (χ1n) is 6.67. The van der Waals surface area contributed by atoms with Crippen LogP contribution in [0.1, 0.15) is 41.5 Å². The summed E-state index contributed by atoms with van der Waals surface area (Å²) in [5, 5.41) is 2.61. The van der Waals surface area contributed by atoms with Gasteiger partial charge in [0.05, 0.1) is 12.0 Å². The highest BCUT2D eigenvalue weighted by atomic mass is 16.5. The lowest BCUT2D eigenvalue weighted by molar-refractivity contribution is -0.156. The minimum atomic E-state index is -0.925. The van der Waals surface area contributed by atoms with Gasteiger partial charge in [-0.3, -0.25) is 14.4 Å². The molecule has 0 aliphatic carbocycles. The molecule has 0 aliphatic heterocycles. The lowest BCUT2D eigenvalue weighted by atomic mass is 9.80. The van der Waals surface area contributed by atoms with Crippen LogP contribution in [-0.4, -0.2) is 30.9 Å². The zero-order chi connectivity index (χ0) is 16.1. The molecule has 116 valence electrons. The smallest absolute Gasteiger partial charge is 0.319 e. The number of nitrogens with two attached hydrogens (primary N) is 1. The van der Waals surface area contributed by atoms with Gasteiger partial charge >= 0.3 is 5.97 Å². The van der Waals surface area contributed by atoms with Crippen LogP contribution < -0.4 is 11.1 Å². The van der Waals surface area contributed by atoms with E-state index in [0.29, 0.717) is 0 Å². The predicted octanol–water partition coefficient (Wildman–Crippen LogP) is 0.840. The van der Waals surface area contributed by atoms with E-state index >= 15 is 0 Å². The van der Waals surface area contributed by atoms with Crippen molar-refractivity contribution in [1.29, 1.82) is 0 Å². The second kappa shape index (κ2) is 6.72. The highest BCUT2D eigenvalue weighted by molar-refractivity contribution is 5.98. The normalized spacial score (nSPS) is 13.5. The molecule has 0 radical (unpaired) electrons. The average molecular weight is 286 g/mol. The minimum Gasteiger partial charge on any atom is -0.465 e. The summed E-state index contributed by atoms with van der Waals surface area (Å²) in [5.74, 6) is -2.45. The number of carbonyl (C=O) groups is 3. The molecule has 0 aromatic rings. The van der Waals surface area contributed by atoms with Crippen LogP contribution in [0.25, 0.3) is 0 Å². The molecule has 0 heterocycles. The molecule has 20 heavy (non-hydrogen) atoms. The zero-order valence-corrected chi connectivity index (χ0v) is 13.2. The van der Waals surface area contributed by atoms with E-state index in [1.165, 1.54) is 0 Å². The third-order valence-corrected chi connectivity index (χ3v) is 3.02. The largest absolute Gasteiger partial charge is 0.465 e. The lowest BCUT2D eigenvalue weighted by Gasteiger charge is -2.29. The van der Waals surface area contributed by atoms with Gasteiger partial charge in [0.15, 0.2) is 0 Å². The molecule has 6 heteroatoms. The highest BCUT2D eigenvalue weighted by Gasteiger charge is 2.39. The minimum absolute atomic E-state index is 0.0765. The molecule has 1 atom stereocenters. The molecule has 3 N–H and O–H groups in total. The van der Waals surface area contributed by atoms with E-state index in [4.69, 9.17) is 10.5 Å². The Morgan fingerprint density at radius 3 is 2.00 bits per heavy atom. The quantitative estimate of drug-likeness (QED) is 0.558. The maximum Gasteiger partial charge on any atom is 0.319 e. The average Bonchev–Trinajstić information content (AvgIpc) is 2.24. The Kier molecular flexibility index (Phi) is 6.19. The van der Waals surface area contributed by atoms with Crippen molar-refractivity contribution >= 4 is 17.8 Å². The maximum atomic E-state index is 12.2. The van der Waals surface area contributed by atoms with E-state index in [9.17, 15) is 14.4 Å². The van der Waals surface area contributed by atoms with Gasteiger partial charge in [-0.15, -0.1) is 0 Å². The van der Waals surface area contributed by atoms with Gasteiger partial charge in [0.1, 0.15) is 5.92 Å². The topological polar surface area (TPSA) is 98.5 Å². The van der Waals surface area contributed by atoms with Gasteiger partial charge in [-0.25, -0.2) is 0 Å². The summed E-state index contributed by atoms with van der Waals surface area (Å²) in [6.45, 7) is 10.6. The van der Waals surface area contributed by atoms with Gasteiger partial charge in [-0.2, -0.15) is 0 Å². The number of hydrogen-bond donors (Lipinski definition) is 2. The van der Waals surface area contributed by atoms with E-state index < -0.39 is 34.5 Å². The summed E-state index contributed by atoms with van der Waals surface area (Å²) in [5.41, 5.74) is 3.80. The number of esters is 1. The molecule has 2 amide bonds. The van der Waals surface area contributed by atoms with Crippen LogP contribution >= 0.6 is 0 Å². The van der Waals surface area contributed by atoms with Crippen molar-refractivity contribution < 1.29 is 19.1 Å². The Morgan fingerprint density at radius 2 is 1.65 bits per heavy atom. The molecule has 0 aliphatic rings. The number of hydrogen-bond acceptors (Lipinski definition) is 4. The van der Waals surface area contributed by atoms with Crippen LogP contribution in [0, 0.1) is 16.7 Å². The number of carbonyl (C=O) groups excluding carboxylic acids is 3. The van der Waals surface area contributed by atoms with Crippen molar-refractivity contribution in [2.75, 3.05) is 13.2 Å². The summed E-state index contributed by atoms with van der Waals surface area (Å²) in [6.07, 6.45) is 0. The van der Waals surface area contributed by atoms with Crippen molar-refractivity contribution in [3.63, 3.8) is 0 Å². The van der Waals surface area contributed by atoms with Crippen LogP contribution in [0.5, 0.6) is 0 Å². The second-order valence-corrected chi connectivity index (χ2v) is 6.52. The Hall–Kier alpha value is -1.59. The first-order valence-corrected chi connectivity index (χ1v) is 6.67. The van der Waals surface area contributed by atoms with Crippen LogP contribution in [0.2, 0.25) is 0 Å². The van der Waals surface area contributed by atoms with Gasteiger partial charge in [0.25, 0.3) is 0 Å². The van der Waals surface area contributed by atoms with Crippen LogP contribution in [0.4, 0.5) is 0 Å². The Bertz CT molecular complexity index is 383. The van der Waals surface area contributed by atoms with Crippen LogP contribution in [-0.2, 0) is 19.1 Å². The van der Waals surface area contributed by atoms with E-state index in [0.717, 1.165) is 0 Å². The first kappa shape index (κ1) is 18.4. The van der Waals surface area contributed by atoms with Crippen molar-refractivity contribution in [3.05, 3.63) is 0 Å². The first-order chi connectivity index (χ1) is 8.93. The number of primary amides is 1. The summed E-state index contributed by atoms with van der Waals surface area (Å²) < 4.78 is 4.94. The standard InChI is InChI=1S/C14H26N2O4/c1-7-20-11(18)9(13(2,3)4)10(17)16-8-14(5,6)12(15)19/h9H,7-8H2,1-6H3,(H2,15,19)(H,16,17). The number of nitrogens with one attached hydrogen (secondary N) is 1. The summed E-state index contributed by atoms with van der Waals surface area (Å²) in [7, 11) is 0. The van der Waals surface area contributed by atoms with E-state index in [1.807, 2.05) is 0 Å². The molecular formula is C14H26N2O4. The Labute approximate surface area is 120 Å². The molecule has 0 rings (SSSR count). The van der Waals surface area contributed by atoms with Gasteiger partial charge in [0, 0.05) is 6.54 Å². The summed E-state index contributed by atoms with van der Waals surface area (Å²) >= 11 is 0. The van der Waals surface area contributed by atoms with Gasteiger partial charge in [-0.05, 0) is 26.2 Å². The number of ether oxygens (including phenoxy) is 1. The van der Waals surface area contributed by atoms with Crippen molar-refractivity contribution in [2.24, 2.45) is 22.5 Å². The monoisotopic (exact) mass is 286 g/mol. The predicted molar refractivity (Wildman–Crippen MR) is 75.6 cm³/mol. The molecule has 0 bridgehead atoms. The van der Waals surface area contributed by atoms with E-state index in [2.05, 4.69) is 5.32 Å². The maximum absolute atomic E-state index is 12.2. The van der Waals surface area contributed by atoms with Crippen LogP contribution in [0.3, 0.4) is 0 Å². The second-order valence-electron chi connectivity index (χ2n) is 6.52. The fourth-order valence-electron chi connectivity index (χ4n) is 1.58. The van der Waals surface area contributed by atoms with Gasteiger partial charge in [-0.1, -0.05) is 20.8 Å². The zero-order valence-electron chi connectivity index (χ0n) is 13.2. The third kappa shape index (κ3) is 5.19. The van der Waals surface area contributed by atoms with Gasteiger partial charge < -0.3 is 15.8 Å². The molecule has 0 aromatic carbocycles.